The lowest BCUT2D eigenvalue weighted by molar-refractivity contribution is 0.803. The standard InChI is InChI=1S/C6H7Cl2N3/c1-3(9)4-5(7)10-2-11-6(4)8/h2-3H,9H2,1H3. The second kappa shape index (κ2) is 3.34. The Morgan fingerprint density at radius 1 is 1.36 bits per heavy atom. The van der Waals surface area contributed by atoms with E-state index in [4.69, 9.17) is 28.9 Å². The second-order valence-corrected chi connectivity index (χ2v) is 2.87. The molecule has 0 aliphatic rings. The van der Waals surface area contributed by atoms with Gasteiger partial charge < -0.3 is 5.73 Å². The third-order valence-electron chi connectivity index (χ3n) is 1.24. The number of rotatable bonds is 1. The van der Waals surface area contributed by atoms with Crippen LogP contribution in [0.3, 0.4) is 0 Å². The van der Waals surface area contributed by atoms with Crippen molar-refractivity contribution in [1.29, 1.82) is 0 Å². The van der Waals surface area contributed by atoms with Crippen LogP contribution in [0.25, 0.3) is 0 Å². The van der Waals surface area contributed by atoms with Crippen LogP contribution >= 0.6 is 23.2 Å². The predicted molar refractivity (Wildman–Crippen MR) is 44.7 cm³/mol. The third-order valence-corrected chi connectivity index (χ3v) is 1.84. The van der Waals surface area contributed by atoms with Crippen LogP contribution in [0.1, 0.15) is 18.5 Å². The van der Waals surface area contributed by atoms with E-state index >= 15 is 0 Å². The molecule has 0 aliphatic heterocycles. The molecule has 0 fully saturated rings. The lowest BCUT2D eigenvalue weighted by Gasteiger charge is -2.07. The van der Waals surface area contributed by atoms with E-state index in [0.717, 1.165) is 0 Å². The molecule has 1 atom stereocenters. The van der Waals surface area contributed by atoms with Crippen LogP contribution in [0, 0.1) is 0 Å². The van der Waals surface area contributed by atoms with Crippen molar-refractivity contribution in [3.05, 3.63) is 22.2 Å². The van der Waals surface area contributed by atoms with E-state index in [0.29, 0.717) is 15.9 Å². The molecular weight excluding hydrogens is 185 g/mol. The summed E-state index contributed by atoms with van der Waals surface area (Å²) in [5, 5.41) is 0.639. The molecule has 5 heteroatoms. The van der Waals surface area contributed by atoms with Gasteiger partial charge >= 0.3 is 0 Å². The Balaban J connectivity index is 3.21. The maximum Gasteiger partial charge on any atom is 0.138 e. The fourth-order valence-corrected chi connectivity index (χ4v) is 1.39. The molecule has 1 unspecified atom stereocenters. The van der Waals surface area contributed by atoms with Gasteiger partial charge in [-0.05, 0) is 6.92 Å². The predicted octanol–water partition coefficient (Wildman–Crippen LogP) is 1.80. The minimum absolute atomic E-state index is 0.240. The van der Waals surface area contributed by atoms with Gasteiger partial charge in [-0.25, -0.2) is 9.97 Å². The van der Waals surface area contributed by atoms with E-state index < -0.39 is 0 Å². The van der Waals surface area contributed by atoms with Gasteiger partial charge in [0.1, 0.15) is 16.6 Å². The van der Waals surface area contributed by atoms with Crippen molar-refractivity contribution < 1.29 is 0 Å². The minimum Gasteiger partial charge on any atom is -0.324 e. The lowest BCUT2D eigenvalue weighted by Crippen LogP contribution is -2.08. The number of nitrogens with zero attached hydrogens (tertiary/aromatic N) is 2. The van der Waals surface area contributed by atoms with Crippen LogP contribution in [-0.2, 0) is 0 Å². The van der Waals surface area contributed by atoms with Gasteiger partial charge in [0.05, 0.1) is 0 Å². The quantitative estimate of drug-likeness (QED) is 0.690. The first-order valence-corrected chi connectivity index (χ1v) is 3.80. The van der Waals surface area contributed by atoms with Gasteiger partial charge in [-0.3, -0.25) is 0 Å². The van der Waals surface area contributed by atoms with Crippen LogP contribution in [0.2, 0.25) is 10.3 Å². The van der Waals surface area contributed by atoms with E-state index in [2.05, 4.69) is 9.97 Å². The largest absolute Gasteiger partial charge is 0.324 e. The summed E-state index contributed by atoms with van der Waals surface area (Å²) in [6.45, 7) is 1.77. The smallest absolute Gasteiger partial charge is 0.138 e. The highest BCUT2D eigenvalue weighted by molar-refractivity contribution is 6.34. The van der Waals surface area contributed by atoms with Gasteiger partial charge in [0, 0.05) is 11.6 Å². The highest BCUT2D eigenvalue weighted by Crippen LogP contribution is 2.24. The molecular formula is C6H7Cl2N3. The van der Waals surface area contributed by atoms with Crippen molar-refractivity contribution >= 4 is 23.2 Å². The Bertz CT molecular complexity index is 242. The molecule has 1 rings (SSSR count). The Kier molecular flexibility index (Phi) is 2.65. The van der Waals surface area contributed by atoms with E-state index in [1.807, 2.05) is 0 Å². The topological polar surface area (TPSA) is 51.8 Å². The van der Waals surface area contributed by atoms with Gasteiger partial charge in [-0.1, -0.05) is 23.2 Å². The molecule has 0 saturated heterocycles. The summed E-state index contributed by atoms with van der Waals surface area (Å²) in [7, 11) is 0. The van der Waals surface area contributed by atoms with Crippen LogP contribution in [0.4, 0.5) is 0 Å². The summed E-state index contributed by atoms with van der Waals surface area (Å²) in [5.74, 6) is 0. The molecule has 2 N–H and O–H groups in total. The SMILES string of the molecule is CC(N)c1c(Cl)ncnc1Cl. The Morgan fingerprint density at radius 3 is 2.09 bits per heavy atom. The van der Waals surface area contributed by atoms with Crippen LogP contribution < -0.4 is 5.73 Å². The summed E-state index contributed by atoms with van der Waals surface area (Å²) in [4.78, 5) is 7.50. The number of nitrogens with two attached hydrogens (primary N) is 1. The molecule has 0 saturated carbocycles. The van der Waals surface area contributed by atoms with E-state index in [-0.39, 0.29) is 6.04 Å². The zero-order chi connectivity index (χ0) is 8.43. The first kappa shape index (κ1) is 8.71. The molecule has 0 aromatic carbocycles. The third kappa shape index (κ3) is 1.80. The first-order chi connectivity index (χ1) is 5.13. The second-order valence-electron chi connectivity index (χ2n) is 2.16. The molecule has 0 bridgehead atoms. The molecule has 0 spiro atoms. The van der Waals surface area contributed by atoms with Gasteiger partial charge in [0.25, 0.3) is 0 Å². The van der Waals surface area contributed by atoms with Crippen LogP contribution in [0.5, 0.6) is 0 Å². The minimum atomic E-state index is -0.240. The van der Waals surface area contributed by atoms with Gasteiger partial charge in [0.15, 0.2) is 0 Å². The lowest BCUT2D eigenvalue weighted by atomic mass is 10.2. The fourth-order valence-electron chi connectivity index (χ4n) is 0.730. The van der Waals surface area contributed by atoms with Crippen molar-refractivity contribution in [3.63, 3.8) is 0 Å². The normalized spacial score (nSPS) is 13.1. The highest BCUT2D eigenvalue weighted by Gasteiger charge is 2.11. The summed E-state index contributed by atoms with van der Waals surface area (Å²) in [6, 6.07) is -0.240. The highest BCUT2D eigenvalue weighted by atomic mass is 35.5. The van der Waals surface area contributed by atoms with Crippen LogP contribution in [0.15, 0.2) is 6.33 Å². The first-order valence-electron chi connectivity index (χ1n) is 3.04. The maximum absolute atomic E-state index is 5.71. The Morgan fingerprint density at radius 2 is 1.82 bits per heavy atom. The number of aromatic nitrogens is 2. The van der Waals surface area contributed by atoms with E-state index in [1.54, 1.807) is 6.92 Å². The zero-order valence-electron chi connectivity index (χ0n) is 5.88. The van der Waals surface area contributed by atoms with Crippen molar-refractivity contribution in [3.8, 4) is 0 Å². The molecule has 60 valence electrons. The molecule has 1 aromatic heterocycles. The summed E-state index contributed by atoms with van der Waals surface area (Å²) in [5.41, 5.74) is 6.16. The van der Waals surface area contributed by atoms with Gasteiger partial charge in [0.2, 0.25) is 0 Å². The molecule has 1 aromatic rings. The van der Waals surface area contributed by atoms with E-state index in [9.17, 15) is 0 Å². The van der Waals surface area contributed by atoms with Crippen molar-refractivity contribution in [2.24, 2.45) is 5.73 Å². The van der Waals surface area contributed by atoms with Crippen molar-refractivity contribution in [2.45, 2.75) is 13.0 Å². The van der Waals surface area contributed by atoms with Gasteiger partial charge in [-0.15, -0.1) is 0 Å². The molecule has 0 aliphatic carbocycles. The average Bonchev–Trinajstić information content (AvgIpc) is 1.85. The molecule has 11 heavy (non-hydrogen) atoms. The van der Waals surface area contributed by atoms with Crippen molar-refractivity contribution in [1.82, 2.24) is 9.97 Å². The summed E-state index contributed by atoms with van der Waals surface area (Å²) in [6.07, 6.45) is 1.30. The molecule has 3 nitrogen and oxygen atoms in total. The average molecular weight is 192 g/mol. The Labute approximate surface area is 74.5 Å². The van der Waals surface area contributed by atoms with Crippen LogP contribution in [-0.4, -0.2) is 9.97 Å². The monoisotopic (exact) mass is 191 g/mol. The van der Waals surface area contributed by atoms with Crippen molar-refractivity contribution in [2.75, 3.05) is 0 Å². The number of hydrogen-bond donors (Lipinski definition) is 1. The zero-order valence-corrected chi connectivity index (χ0v) is 7.39. The molecule has 0 amide bonds. The molecule has 0 radical (unpaired) electrons. The molecule has 1 heterocycles. The Hall–Kier alpha value is -0.380. The number of hydrogen-bond acceptors (Lipinski definition) is 3. The van der Waals surface area contributed by atoms with E-state index in [1.165, 1.54) is 6.33 Å². The number of halogens is 2. The van der Waals surface area contributed by atoms with Gasteiger partial charge in [-0.2, -0.15) is 0 Å². The maximum atomic E-state index is 5.71. The summed E-state index contributed by atoms with van der Waals surface area (Å²) >= 11 is 11.4. The fraction of sp³-hybridized carbons (Fsp3) is 0.333. The summed E-state index contributed by atoms with van der Waals surface area (Å²) < 4.78 is 0.